The first kappa shape index (κ1) is 16.0. The molecule has 0 saturated carbocycles. The summed E-state index contributed by atoms with van der Waals surface area (Å²) in [6.45, 7) is 3.86. The maximum absolute atomic E-state index is 14.5. The van der Waals surface area contributed by atoms with Crippen molar-refractivity contribution in [1.82, 2.24) is 0 Å². The van der Waals surface area contributed by atoms with Gasteiger partial charge in [0.1, 0.15) is 18.1 Å². The molecule has 24 heavy (non-hydrogen) atoms. The molecule has 0 fully saturated rings. The molecule has 122 valence electrons. The molecule has 0 unspecified atom stereocenters. The highest BCUT2D eigenvalue weighted by atomic mass is 19.2. The van der Waals surface area contributed by atoms with Crippen LogP contribution in [-0.4, -0.2) is 13.7 Å². The van der Waals surface area contributed by atoms with Crippen molar-refractivity contribution < 1.29 is 18.3 Å². The highest BCUT2D eigenvalue weighted by Gasteiger charge is 2.15. The third-order valence-corrected chi connectivity index (χ3v) is 3.76. The minimum atomic E-state index is -0.887. The number of benzene rings is 3. The Bertz CT molecular complexity index is 886. The Morgan fingerprint density at radius 1 is 0.958 bits per heavy atom. The minimum Gasteiger partial charge on any atom is -0.497 e. The van der Waals surface area contributed by atoms with E-state index in [0.29, 0.717) is 29.1 Å². The molecule has 0 radical (unpaired) electrons. The molecule has 4 heteroatoms. The molecule has 0 heterocycles. The minimum absolute atomic E-state index is 0.186. The second kappa shape index (κ2) is 6.71. The molecule has 2 nitrogen and oxygen atoms in total. The van der Waals surface area contributed by atoms with Gasteiger partial charge in [-0.15, -0.1) is 0 Å². The van der Waals surface area contributed by atoms with Crippen LogP contribution in [-0.2, 0) is 0 Å². The Hall–Kier alpha value is -2.88. The third-order valence-electron chi connectivity index (χ3n) is 3.76. The van der Waals surface area contributed by atoms with Crippen molar-refractivity contribution in [3.63, 3.8) is 0 Å². The second-order valence-electron chi connectivity index (χ2n) is 5.26. The number of hydrogen-bond donors (Lipinski definition) is 0. The van der Waals surface area contributed by atoms with Crippen molar-refractivity contribution in [1.29, 1.82) is 0 Å². The largest absolute Gasteiger partial charge is 0.497 e. The van der Waals surface area contributed by atoms with Crippen molar-refractivity contribution in [2.24, 2.45) is 0 Å². The highest BCUT2D eigenvalue weighted by Crippen LogP contribution is 2.33. The van der Waals surface area contributed by atoms with Gasteiger partial charge in [0, 0.05) is 10.9 Å². The SMILES string of the molecule is C=CCOc1ccc2cc(-c3ccc(OC)cc3)c(F)c(F)c2c1. The van der Waals surface area contributed by atoms with Crippen molar-refractivity contribution in [2.45, 2.75) is 0 Å². The van der Waals surface area contributed by atoms with E-state index in [1.54, 1.807) is 55.7 Å². The first-order valence-corrected chi connectivity index (χ1v) is 7.44. The molecule has 3 aromatic carbocycles. The van der Waals surface area contributed by atoms with E-state index in [9.17, 15) is 8.78 Å². The summed E-state index contributed by atoms with van der Waals surface area (Å²) in [7, 11) is 1.55. The standard InChI is InChI=1S/C20H16F2O2/c1-3-10-24-16-9-6-14-11-17(19(21)20(22)18(14)12-16)13-4-7-15(23-2)8-5-13/h3-9,11-12H,1,10H2,2H3. The monoisotopic (exact) mass is 326 g/mol. The van der Waals surface area contributed by atoms with Crippen molar-refractivity contribution >= 4 is 10.8 Å². The Balaban J connectivity index is 2.09. The molecule has 0 bridgehead atoms. The van der Waals surface area contributed by atoms with Gasteiger partial charge in [0.2, 0.25) is 0 Å². The van der Waals surface area contributed by atoms with E-state index in [0.717, 1.165) is 0 Å². The molecule has 3 rings (SSSR count). The maximum Gasteiger partial charge on any atom is 0.167 e. The fourth-order valence-corrected chi connectivity index (χ4v) is 2.53. The van der Waals surface area contributed by atoms with E-state index >= 15 is 0 Å². The summed E-state index contributed by atoms with van der Waals surface area (Å²) >= 11 is 0. The fourth-order valence-electron chi connectivity index (χ4n) is 2.53. The summed E-state index contributed by atoms with van der Waals surface area (Å²) in [4.78, 5) is 0. The van der Waals surface area contributed by atoms with Gasteiger partial charge in [0.05, 0.1) is 7.11 Å². The first-order valence-electron chi connectivity index (χ1n) is 7.44. The van der Waals surface area contributed by atoms with Crippen LogP contribution in [0.1, 0.15) is 0 Å². The normalized spacial score (nSPS) is 10.6. The van der Waals surface area contributed by atoms with Crippen LogP contribution in [0, 0.1) is 11.6 Å². The zero-order valence-electron chi connectivity index (χ0n) is 13.2. The lowest BCUT2D eigenvalue weighted by Crippen LogP contribution is -1.95. The molecule has 0 aliphatic heterocycles. The van der Waals surface area contributed by atoms with Crippen LogP contribution in [0.2, 0.25) is 0 Å². The Kier molecular flexibility index (Phi) is 4.47. The summed E-state index contributed by atoms with van der Waals surface area (Å²) < 4.78 is 39.5. The number of ether oxygens (including phenoxy) is 2. The molecule has 0 aliphatic carbocycles. The van der Waals surface area contributed by atoms with Crippen LogP contribution < -0.4 is 9.47 Å². The summed E-state index contributed by atoms with van der Waals surface area (Å²) in [5.74, 6) is -0.641. The molecule has 0 aliphatic rings. The van der Waals surface area contributed by atoms with E-state index in [1.807, 2.05) is 0 Å². The molecule has 0 aromatic heterocycles. The van der Waals surface area contributed by atoms with Gasteiger partial charge in [0.15, 0.2) is 11.6 Å². The third kappa shape index (κ3) is 2.95. The predicted molar refractivity (Wildman–Crippen MR) is 91.5 cm³/mol. The number of rotatable bonds is 5. The van der Waals surface area contributed by atoms with E-state index in [-0.39, 0.29) is 10.9 Å². The second-order valence-corrected chi connectivity index (χ2v) is 5.26. The van der Waals surface area contributed by atoms with Gasteiger partial charge >= 0.3 is 0 Å². The molecule has 3 aromatic rings. The number of hydrogen-bond acceptors (Lipinski definition) is 2. The molecular formula is C20H16F2O2. The Labute approximate surface area is 138 Å². The quantitative estimate of drug-likeness (QED) is 0.588. The number of fused-ring (bicyclic) bond motifs is 1. The average Bonchev–Trinajstić information content (AvgIpc) is 2.63. The zero-order chi connectivity index (χ0) is 17.1. The van der Waals surface area contributed by atoms with Crippen molar-refractivity contribution in [3.8, 4) is 22.6 Å². The molecule has 0 spiro atoms. The van der Waals surface area contributed by atoms with Gasteiger partial charge in [-0.3, -0.25) is 0 Å². The summed E-state index contributed by atoms with van der Waals surface area (Å²) in [5, 5.41) is 0.789. The molecular weight excluding hydrogens is 310 g/mol. The predicted octanol–water partition coefficient (Wildman–Crippen LogP) is 5.36. The van der Waals surface area contributed by atoms with Crippen LogP contribution in [0.4, 0.5) is 8.78 Å². The van der Waals surface area contributed by atoms with Crippen LogP contribution in [0.5, 0.6) is 11.5 Å². The van der Waals surface area contributed by atoms with E-state index < -0.39 is 11.6 Å². The van der Waals surface area contributed by atoms with Crippen LogP contribution in [0.15, 0.2) is 61.2 Å². The van der Waals surface area contributed by atoms with Gasteiger partial charge < -0.3 is 9.47 Å². The Morgan fingerprint density at radius 2 is 1.67 bits per heavy atom. The highest BCUT2D eigenvalue weighted by molar-refractivity contribution is 5.89. The fraction of sp³-hybridized carbons (Fsp3) is 0.100. The lowest BCUT2D eigenvalue weighted by atomic mass is 9.99. The zero-order valence-corrected chi connectivity index (χ0v) is 13.2. The van der Waals surface area contributed by atoms with Crippen LogP contribution in [0.25, 0.3) is 21.9 Å². The summed E-state index contributed by atoms with van der Waals surface area (Å²) in [5.41, 5.74) is 0.795. The van der Waals surface area contributed by atoms with Crippen LogP contribution >= 0.6 is 0 Å². The number of methoxy groups -OCH3 is 1. The lowest BCUT2D eigenvalue weighted by Gasteiger charge is -2.10. The van der Waals surface area contributed by atoms with Crippen molar-refractivity contribution in [2.75, 3.05) is 13.7 Å². The van der Waals surface area contributed by atoms with Gasteiger partial charge in [-0.25, -0.2) is 8.78 Å². The first-order chi connectivity index (χ1) is 11.6. The average molecular weight is 326 g/mol. The topological polar surface area (TPSA) is 18.5 Å². The molecule has 0 N–H and O–H groups in total. The van der Waals surface area contributed by atoms with Crippen LogP contribution in [0.3, 0.4) is 0 Å². The Morgan fingerprint density at radius 3 is 2.33 bits per heavy atom. The van der Waals surface area contributed by atoms with E-state index in [1.165, 1.54) is 6.07 Å². The smallest absolute Gasteiger partial charge is 0.167 e. The molecule has 0 atom stereocenters. The maximum atomic E-state index is 14.5. The van der Waals surface area contributed by atoms with Crippen molar-refractivity contribution in [3.05, 3.63) is 72.8 Å². The summed E-state index contributed by atoms with van der Waals surface area (Å²) in [6.07, 6.45) is 1.59. The molecule has 0 saturated heterocycles. The van der Waals surface area contributed by atoms with E-state index in [4.69, 9.17) is 9.47 Å². The number of halogens is 2. The van der Waals surface area contributed by atoms with Gasteiger partial charge in [-0.1, -0.05) is 30.9 Å². The van der Waals surface area contributed by atoms with Gasteiger partial charge in [0.25, 0.3) is 0 Å². The van der Waals surface area contributed by atoms with E-state index in [2.05, 4.69) is 6.58 Å². The van der Waals surface area contributed by atoms with Gasteiger partial charge in [-0.2, -0.15) is 0 Å². The van der Waals surface area contributed by atoms with Gasteiger partial charge in [-0.05, 0) is 41.3 Å². The summed E-state index contributed by atoms with van der Waals surface area (Å²) in [6, 6.07) is 13.4. The lowest BCUT2D eigenvalue weighted by molar-refractivity contribution is 0.363. The molecule has 0 amide bonds.